The average molecular weight is 674 g/mol. The zero-order valence-electron chi connectivity index (χ0n) is 28.2. The minimum atomic E-state index is -0.218. The van der Waals surface area contributed by atoms with Crippen LogP contribution in [0, 0.1) is 0 Å². The van der Waals surface area contributed by atoms with Crippen molar-refractivity contribution < 1.29 is 19.0 Å². The van der Waals surface area contributed by atoms with Crippen LogP contribution >= 0.6 is 0 Å². The number of hydrogen-bond donors (Lipinski definition) is 1. The van der Waals surface area contributed by atoms with Crippen molar-refractivity contribution in [1.29, 1.82) is 0 Å². The van der Waals surface area contributed by atoms with Crippen molar-refractivity contribution in [3.8, 4) is 22.8 Å². The molecule has 13 nitrogen and oxygen atoms in total. The van der Waals surface area contributed by atoms with E-state index in [0.717, 1.165) is 45.0 Å². The summed E-state index contributed by atoms with van der Waals surface area (Å²) in [4.78, 5) is 43.3. The number of benzene rings is 2. The van der Waals surface area contributed by atoms with E-state index in [1.165, 1.54) is 0 Å². The Morgan fingerprint density at radius 2 is 1.50 bits per heavy atom. The van der Waals surface area contributed by atoms with Gasteiger partial charge in [0.1, 0.15) is 17.3 Å². The van der Waals surface area contributed by atoms with E-state index in [-0.39, 0.29) is 6.03 Å². The van der Waals surface area contributed by atoms with Crippen molar-refractivity contribution in [3.63, 3.8) is 0 Å². The minimum Gasteiger partial charge on any atom is -0.497 e. The number of ether oxygens (including phenoxy) is 3. The molecule has 0 aliphatic carbocycles. The fourth-order valence-corrected chi connectivity index (χ4v) is 6.07. The van der Waals surface area contributed by atoms with Crippen LogP contribution in [0.5, 0.6) is 11.5 Å². The number of rotatable bonds is 11. The lowest BCUT2D eigenvalue weighted by molar-refractivity contribution is 0.122. The Morgan fingerprint density at radius 3 is 2.10 bits per heavy atom. The second kappa shape index (κ2) is 15.2. The third-order valence-electron chi connectivity index (χ3n) is 8.78. The van der Waals surface area contributed by atoms with Gasteiger partial charge >= 0.3 is 6.03 Å². The number of methoxy groups -OCH3 is 2. The first-order valence-corrected chi connectivity index (χ1v) is 16.6. The van der Waals surface area contributed by atoms with Gasteiger partial charge in [0.05, 0.1) is 33.1 Å². The second-order valence-corrected chi connectivity index (χ2v) is 12.0. The number of nitrogens with one attached hydrogen (secondary N) is 1. The maximum Gasteiger partial charge on any atom is 0.323 e. The summed E-state index contributed by atoms with van der Waals surface area (Å²) in [6, 6.07) is 19.6. The van der Waals surface area contributed by atoms with E-state index in [1.807, 2.05) is 73.1 Å². The number of carbonyl (C=O) groups excluding carboxylic acids is 1. The van der Waals surface area contributed by atoms with E-state index in [2.05, 4.69) is 20.1 Å². The van der Waals surface area contributed by atoms with Crippen molar-refractivity contribution in [3.05, 3.63) is 108 Å². The summed E-state index contributed by atoms with van der Waals surface area (Å²) in [5, 5.41) is 3.02. The molecular formula is C37H39N9O4. The number of anilines is 3. The number of morpholine rings is 1. The summed E-state index contributed by atoms with van der Waals surface area (Å²) >= 11 is 0. The van der Waals surface area contributed by atoms with Crippen molar-refractivity contribution >= 4 is 23.7 Å². The molecule has 5 aromatic rings. The maximum atomic E-state index is 13.5. The minimum absolute atomic E-state index is 0.218. The van der Waals surface area contributed by atoms with E-state index in [0.29, 0.717) is 76.6 Å². The molecule has 0 radical (unpaired) electrons. The Morgan fingerprint density at radius 1 is 0.840 bits per heavy atom. The van der Waals surface area contributed by atoms with Crippen LogP contribution in [-0.2, 0) is 30.8 Å². The fraction of sp³-hybridized carbons (Fsp3) is 0.297. The zero-order chi connectivity index (χ0) is 34.3. The Balaban J connectivity index is 1.19. The van der Waals surface area contributed by atoms with Crippen LogP contribution in [0.25, 0.3) is 11.3 Å². The summed E-state index contributed by atoms with van der Waals surface area (Å²) in [7, 11) is 3.32. The van der Waals surface area contributed by atoms with Gasteiger partial charge in [-0.05, 0) is 53.4 Å². The summed E-state index contributed by atoms with van der Waals surface area (Å²) in [5.74, 6) is 3.34. The Kier molecular flexibility index (Phi) is 9.92. The highest BCUT2D eigenvalue weighted by Crippen LogP contribution is 2.36. The van der Waals surface area contributed by atoms with Crippen molar-refractivity contribution in [2.75, 3.05) is 61.8 Å². The van der Waals surface area contributed by atoms with Crippen molar-refractivity contribution in [2.24, 2.45) is 0 Å². The van der Waals surface area contributed by atoms with Gasteiger partial charge in [0, 0.05) is 75.2 Å². The molecule has 0 spiro atoms. The Bertz CT molecular complexity index is 1840. The first-order valence-electron chi connectivity index (χ1n) is 16.6. The zero-order valence-corrected chi connectivity index (χ0v) is 28.2. The van der Waals surface area contributed by atoms with E-state index in [1.54, 1.807) is 31.5 Å². The van der Waals surface area contributed by atoms with Crippen molar-refractivity contribution in [1.82, 2.24) is 30.2 Å². The fourth-order valence-electron chi connectivity index (χ4n) is 6.07. The molecule has 2 aliphatic rings. The topological polar surface area (TPSA) is 131 Å². The number of amides is 2. The van der Waals surface area contributed by atoms with Gasteiger partial charge in [-0.3, -0.25) is 9.88 Å². The van der Waals surface area contributed by atoms with Crippen LogP contribution < -0.4 is 29.5 Å². The third-order valence-corrected chi connectivity index (χ3v) is 8.78. The molecule has 1 fully saturated rings. The SMILES string of the molecule is COc1ccc(CN(Cc2ccc(OC)cc2)c2ncc(-c3nc(N4CCOCC4)nc4c3CCN4C(=O)NCc3cccnc3)cn2)cc1. The molecule has 13 heteroatoms. The maximum absolute atomic E-state index is 13.5. The molecule has 50 heavy (non-hydrogen) atoms. The molecule has 256 valence electrons. The van der Waals surface area contributed by atoms with Crippen LogP contribution in [0.3, 0.4) is 0 Å². The predicted octanol–water partition coefficient (Wildman–Crippen LogP) is 4.66. The number of urea groups is 1. The first-order chi connectivity index (χ1) is 24.6. The number of pyridine rings is 1. The molecule has 2 aromatic carbocycles. The van der Waals surface area contributed by atoms with Gasteiger partial charge < -0.3 is 29.3 Å². The molecule has 0 bridgehead atoms. The van der Waals surface area contributed by atoms with Crippen LogP contribution in [0.4, 0.5) is 22.5 Å². The molecule has 2 amide bonds. The number of fused-ring (bicyclic) bond motifs is 1. The largest absolute Gasteiger partial charge is 0.497 e. The van der Waals surface area contributed by atoms with Crippen molar-refractivity contribution in [2.45, 2.75) is 26.1 Å². The smallest absolute Gasteiger partial charge is 0.323 e. The van der Waals surface area contributed by atoms with Gasteiger partial charge in [-0.1, -0.05) is 30.3 Å². The molecule has 0 atom stereocenters. The molecule has 1 N–H and O–H groups in total. The Labute approximate surface area is 290 Å². The summed E-state index contributed by atoms with van der Waals surface area (Å²) in [6.07, 6.45) is 7.69. The van der Waals surface area contributed by atoms with Gasteiger partial charge in [-0.15, -0.1) is 0 Å². The monoisotopic (exact) mass is 673 g/mol. The molecule has 0 saturated carbocycles. The van der Waals surface area contributed by atoms with Gasteiger partial charge in [-0.25, -0.2) is 19.7 Å². The molecule has 5 heterocycles. The van der Waals surface area contributed by atoms with Crippen LogP contribution in [0.15, 0.2) is 85.5 Å². The van der Waals surface area contributed by atoms with Crippen LogP contribution in [0.1, 0.15) is 22.3 Å². The standard InChI is InChI=1S/C37H39N9O4/c1-48-30-9-5-26(6-10-30)24-45(25-27-7-11-31(49-2)12-8-27)35-39-22-29(23-40-35)33-32-13-15-46(37(47)41-21-28-4-3-14-38-20-28)34(32)43-36(42-33)44-16-18-50-19-17-44/h3-12,14,20,22-23H,13,15-19,21,24-25H2,1-2H3,(H,41,47). The molecule has 3 aromatic heterocycles. The van der Waals surface area contributed by atoms with Gasteiger partial charge in [0.25, 0.3) is 0 Å². The predicted molar refractivity (Wildman–Crippen MR) is 189 cm³/mol. The van der Waals surface area contributed by atoms with E-state index in [4.69, 9.17) is 34.1 Å². The van der Waals surface area contributed by atoms with Crippen LogP contribution in [-0.4, -0.2) is 78.0 Å². The molecule has 0 unspecified atom stereocenters. The summed E-state index contributed by atoms with van der Waals surface area (Å²) in [5.41, 5.74) is 5.48. The number of hydrogen-bond acceptors (Lipinski definition) is 11. The number of aromatic nitrogens is 5. The summed E-state index contributed by atoms with van der Waals surface area (Å²) < 4.78 is 16.3. The van der Waals surface area contributed by atoms with Gasteiger partial charge in [-0.2, -0.15) is 4.98 Å². The molecular weight excluding hydrogens is 634 g/mol. The third kappa shape index (κ3) is 7.42. The van der Waals surface area contributed by atoms with Crippen LogP contribution in [0.2, 0.25) is 0 Å². The van der Waals surface area contributed by atoms with E-state index >= 15 is 0 Å². The first kappa shape index (κ1) is 32.7. The van der Waals surface area contributed by atoms with Gasteiger partial charge in [0.2, 0.25) is 11.9 Å². The summed E-state index contributed by atoms with van der Waals surface area (Å²) in [6.45, 7) is 4.51. The lowest BCUT2D eigenvalue weighted by Gasteiger charge is -2.28. The highest BCUT2D eigenvalue weighted by atomic mass is 16.5. The normalized spacial score (nSPS) is 13.9. The molecule has 2 aliphatic heterocycles. The van der Waals surface area contributed by atoms with E-state index in [9.17, 15) is 4.79 Å². The lowest BCUT2D eigenvalue weighted by Crippen LogP contribution is -2.40. The second-order valence-electron chi connectivity index (χ2n) is 12.0. The highest BCUT2D eigenvalue weighted by Gasteiger charge is 2.32. The quantitative estimate of drug-likeness (QED) is 0.210. The molecule has 7 rings (SSSR count). The highest BCUT2D eigenvalue weighted by molar-refractivity contribution is 5.94. The van der Waals surface area contributed by atoms with E-state index < -0.39 is 0 Å². The Hall–Kier alpha value is -5.82. The average Bonchev–Trinajstić information content (AvgIpc) is 3.62. The lowest BCUT2D eigenvalue weighted by atomic mass is 10.1. The number of carbonyl (C=O) groups is 1. The van der Waals surface area contributed by atoms with Gasteiger partial charge in [0.15, 0.2) is 0 Å². The number of nitrogens with zero attached hydrogens (tertiary/aromatic N) is 8. The molecule has 1 saturated heterocycles.